The SMILES string of the molecule is CCCCOCC(O)CN(C)CC(C)O. The molecular weight excluding hydrogens is 194 g/mol. The molecule has 0 aromatic rings. The van der Waals surface area contributed by atoms with Crippen molar-refractivity contribution in [3.05, 3.63) is 0 Å². The highest BCUT2D eigenvalue weighted by atomic mass is 16.5. The summed E-state index contributed by atoms with van der Waals surface area (Å²) < 4.78 is 5.30. The second kappa shape index (κ2) is 9.09. The summed E-state index contributed by atoms with van der Waals surface area (Å²) in [7, 11) is 1.88. The predicted molar refractivity (Wildman–Crippen MR) is 60.9 cm³/mol. The second-order valence-corrected chi connectivity index (χ2v) is 4.15. The van der Waals surface area contributed by atoms with Crippen LogP contribution in [-0.2, 0) is 4.74 Å². The van der Waals surface area contributed by atoms with E-state index in [1.165, 1.54) is 0 Å². The molecule has 0 fully saturated rings. The number of nitrogens with zero attached hydrogens (tertiary/aromatic N) is 1. The Morgan fingerprint density at radius 1 is 1.27 bits per heavy atom. The van der Waals surface area contributed by atoms with Gasteiger partial charge in [0.25, 0.3) is 0 Å². The zero-order valence-corrected chi connectivity index (χ0v) is 10.1. The standard InChI is InChI=1S/C11H25NO3/c1-4-5-6-15-9-11(14)8-12(3)7-10(2)13/h10-11,13-14H,4-9H2,1-3H3. The van der Waals surface area contributed by atoms with Crippen molar-refractivity contribution in [2.75, 3.05) is 33.4 Å². The third-order valence-corrected chi connectivity index (χ3v) is 2.05. The van der Waals surface area contributed by atoms with Crippen LogP contribution < -0.4 is 0 Å². The van der Waals surface area contributed by atoms with Gasteiger partial charge >= 0.3 is 0 Å². The second-order valence-electron chi connectivity index (χ2n) is 4.15. The summed E-state index contributed by atoms with van der Waals surface area (Å²) in [5.41, 5.74) is 0. The summed E-state index contributed by atoms with van der Waals surface area (Å²) >= 11 is 0. The molecule has 0 aromatic heterocycles. The molecule has 2 N–H and O–H groups in total. The summed E-state index contributed by atoms with van der Waals surface area (Å²) in [6.07, 6.45) is 1.32. The normalized spacial score (nSPS) is 15.6. The zero-order chi connectivity index (χ0) is 11.7. The van der Waals surface area contributed by atoms with Crippen molar-refractivity contribution in [2.45, 2.75) is 38.9 Å². The molecule has 4 heteroatoms. The minimum absolute atomic E-state index is 0.358. The van der Waals surface area contributed by atoms with Gasteiger partial charge in [-0.15, -0.1) is 0 Å². The molecule has 4 nitrogen and oxygen atoms in total. The Bertz CT molecular complexity index is 142. The Hall–Kier alpha value is -0.160. The maximum atomic E-state index is 9.58. The Morgan fingerprint density at radius 3 is 2.47 bits per heavy atom. The lowest BCUT2D eigenvalue weighted by Crippen LogP contribution is -2.36. The number of aliphatic hydroxyl groups excluding tert-OH is 2. The van der Waals surface area contributed by atoms with Crippen LogP contribution in [-0.4, -0.2) is 60.7 Å². The first-order valence-electron chi connectivity index (χ1n) is 5.68. The molecule has 0 aromatic carbocycles. The highest BCUT2D eigenvalue weighted by Gasteiger charge is 2.09. The first kappa shape index (κ1) is 14.8. The van der Waals surface area contributed by atoms with Crippen LogP contribution in [0, 0.1) is 0 Å². The molecule has 2 unspecified atom stereocenters. The van der Waals surface area contributed by atoms with Crippen molar-refractivity contribution in [2.24, 2.45) is 0 Å². The first-order valence-corrected chi connectivity index (χ1v) is 5.68. The molecule has 15 heavy (non-hydrogen) atoms. The maximum Gasteiger partial charge on any atom is 0.0900 e. The Kier molecular flexibility index (Phi) is 9.00. The average Bonchev–Trinajstić information content (AvgIpc) is 2.10. The molecule has 0 aliphatic carbocycles. The van der Waals surface area contributed by atoms with Gasteiger partial charge in [-0.05, 0) is 20.4 Å². The van der Waals surface area contributed by atoms with Crippen molar-refractivity contribution in [1.29, 1.82) is 0 Å². The summed E-state index contributed by atoms with van der Waals surface area (Å²) in [5.74, 6) is 0. The number of rotatable bonds is 9. The van der Waals surface area contributed by atoms with Crippen LogP contribution in [0.5, 0.6) is 0 Å². The Morgan fingerprint density at radius 2 is 1.93 bits per heavy atom. The van der Waals surface area contributed by atoms with E-state index in [2.05, 4.69) is 6.92 Å². The smallest absolute Gasteiger partial charge is 0.0900 e. The van der Waals surface area contributed by atoms with E-state index in [-0.39, 0.29) is 6.10 Å². The summed E-state index contributed by atoms with van der Waals surface area (Å²) in [6, 6.07) is 0. The minimum Gasteiger partial charge on any atom is -0.392 e. The van der Waals surface area contributed by atoms with Crippen molar-refractivity contribution in [1.82, 2.24) is 4.90 Å². The number of likely N-dealkylation sites (N-methyl/N-ethyl adjacent to an activating group) is 1. The minimum atomic E-state index is -0.467. The molecule has 0 rings (SSSR count). The lowest BCUT2D eigenvalue weighted by atomic mass is 10.3. The van der Waals surface area contributed by atoms with Gasteiger partial charge in [0, 0.05) is 19.7 Å². The first-order chi connectivity index (χ1) is 7.06. The topological polar surface area (TPSA) is 52.9 Å². The van der Waals surface area contributed by atoms with Gasteiger partial charge in [-0.3, -0.25) is 0 Å². The monoisotopic (exact) mass is 219 g/mol. The van der Waals surface area contributed by atoms with Gasteiger partial charge in [-0.2, -0.15) is 0 Å². The van der Waals surface area contributed by atoms with Crippen molar-refractivity contribution in [3.8, 4) is 0 Å². The van der Waals surface area contributed by atoms with E-state index in [9.17, 15) is 5.11 Å². The molecule has 0 bridgehead atoms. The van der Waals surface area contributed by atoms with E-state index in [4.69, 9.17) is 9.84 Å². The third-order valence-electron chi connectivity index (χ3n) is 2.05. The molecule has 0 saturated heterocycles. The van der Waals surface area contributed by atoms with E-state index < -0.39 is 6.10 Å². The fourth-order valence-electron chi connectivity index (χ4n) is 1.40. The van der Waals surface area contributed by atoms with Crippen LogP contribution >= 0.6 is 0 Å². The predicted octanol–water partition coefficient (Wildman–Crippen LogP) is 0.477. The highest BCUT2D eigenvalue weighted by Crippen LogP contribution is 1.95. The van der Waals surface area contributed by atoms with E-state index >= 15 is 0 Å². The molecule has 0 aliphatic rings. The third kappa shape index (κ3) is 10.1. The lowest BCUT2D eigenvalue weighted by Gasteiger charge is -2.21. The number of hydrogen-bond donors (Lipinski definition) is 2. The van der Waals surface area contributed by atoms with Crippen molar-refractivity contribution in [3.63, 3.8) is 0 Å². The van der Waals surface area contributed by atoms with Crippen LogP contribution in [0.25, 0.3) is 0 Å². The van der Waals surface area contributed by atoms with Crippen LogP contribution in [0.3, 0.4) is 0 Å². The largest absolute Gasteiger partial charge is 0.392 e. The number of hydrogen-bond acceptors (Lipinski definition) is 4. The fourth-order valence-corrected chi connectivity index (χ4v) is 1.40. The number of ether oxygens (including phenoxy) is 1. The lowest BCUT2D eigenvalue weighted by molar-refractivity contribution is 0.0139. The molecule has 0 radical (unpaired) electrons. The van der Waals surface area contributed by atoms with Crippen molar-refractivity contribution < 1.29 is 14.9 Å². The quantitative estimate of drug-likeness (QED) is 0.554. The van der Waals surface area contributed by atoms with Crippen LogP contribution in [0.15, 0.2) is 0 Å². The molecule has 92 valence electrons. The van der Waals surface area contributed by atoms with Gasteiger partial charge in [-0.1, -0.05) is 13.3 Å². The van der Waals surface area contributed by atoms with E-state index in [0.717, 1.165) is 12.8 Å². The van der Waals surface area contributed by atoms with Gasteiger partial charge in [-0.25, -0.2) is 0 Å². The molecule has 0 aliphatic heterocycles. The van der Waals surface area contributed by atoms with Gasteiger partial charge in [0.2, 0.25) is 0 Å². The fraction of sp³-hybridized carbons (Fsp3) is 1.00. The van der Waals surface area contributed by atoms with Gasteiger partial charge in [0.15, 0.2) is 0 Å². The zero-order valence-electron chi connectivity index (χ0n) is 10.1. The van der Waals surface area contributed by atoms with Crippen LogP contribution in [0.4, 0.5) is 0 Å². The van der Waals surface area contributed by atoms with Crippen LogP contribution in [0.2, 0.25) is 0 Å². The van der Waals surface area contributed by atoms with Crippen LogP contribution in [0.1, 0.15) is 26.7 Å². The van der Waals surface area contributed by atoms with E-state index in [1.54, 1.807) is 6.92 Å². The maximum absolute atomic E-state index is 9.58. The number of aliphatic hydroxyl groups is 2. The number of unbranched alkanes of at least 4 members (excludes halogenated alkanes) is 1. The van der Waals surface area contributed by atoms with Gasteiger partial charge in [0.1, 0.15) is 0 Å². The molecule has 0 saturated carbocycles. The molecule has 0 heterocycles. The van der Waals surface area contributed by atoms with E-state index in [1.807, 2.05) is 11.9 Å². The Balaban J connectivity index is 3.42. The van der Waals surface area contributed by atoms with E-state index in [0.29, 0.717) is 26.3 Å². The molecule has 0 spiro atoms. The van der Waals surface area contributed by atoms with Gasteiger partial charge < -0.3 is 19.8 Å². The molecule has 0 amide bonds. The molecule has 2 atom stereocenters. The Labute approximate surface area is 92.9 Å². The summed E-state index contributed by atoms with van der Waals surface area (Å²) in [4.78, 5) is 1.90. The molecular formula is C11H25NO3. The summed E-state index contributed by atoms with van der Waals surface area (Å²) in [5, 5.41) is 18.7. The van der Waals surface area contributed by atoms with Gasteiger partial charge in [0.05, 0.1) is 18.8 Å². The summed E-state index contributed by atoms with van der Waals surface area (Å²) in [6.45, 7) is 6.05. The highest BCUT2D eigenvalue weighted by molar-refractivity contribution is 4.62. The van der Waals surface area contributed by atoms with Crippen molar-refractivity contribution >= 4 is 0 Å². The average molecular weight is 219 g/mol.